The lowest BCUT2D eigenvalue weighted by Gasteiger charge is -2.43. The minimum Gasteiger partial charge on any atom is -0.350 e. The van der Waals surface area contributed by atoms with Gasteiger partial charge in [0.1, 0.15) is 0 Å². The third kappa shape index (κ3) is 4.22. The van der Waals surface area contributed by atoms with Gasteiger partial charge >= 0.3 is 0 Å². The highest BCUT2D eigenvalue weighted by atomic mass is 19.1. The lowest BCUT2D eigenvalue weighted by Crippen LogP contribution is -2.57. The van der Waals surface area contributed by atoms with E-state index in [2.05, 4.69) is 41.0 Å². The van der Waals surface area contributed by atoms with E-state index in [1.807, 2.05) is 0 Å². The number of aromatic nitrogens is 1. The normalized spacial score (nSPS) is 17.7. The molecule has 1 fully saturated rings. The molecule has 0 atom stereocenters. The summed E-state index contributed by atoms with van der Waals surface area (Å²) in [4.78, 5) is 20.2. The van der Waals surface area contributed by atoms with Crippen LogP contribution in [-0.4, -0.2) is 66.0 Å². The number of amides is 1. The van der Waals surface area contributed by atoms with Gasteiger partial charge in [-0.15, -0.1) is 0 Å². The van der Waals surface area contributed by atoms with E-state index < -0.39 is 5.95 Å². The first-order valence-corrected chi connectivity index (χ1v) is 7.22. The average molecular weight is 294 g/mol. The summed E-state index contributed by atoms with van der Waals surface area (Å²) in [5.74, 6) is -0.797. The fourth-order valence-corrected chi connectivity index (χ4v) is 2.43. The Hall–Kier alpha value is -1.53. The van der Waals surface area contributed by atoms with Gasteiger partial charge in [0.15, 0.2) is 0 Å². The molecular weight excluding hydrogens is 271 g/mol. The van der Waals surface area contributed by atoms with Gasteiger partial charge in [0.25, 0.3) is 5.91 Å². The zero-order valence-electron chi connectivity index (χ0n) is 12.9. The van der Waals surface area contributed by atoms with E-state index in [1.54, 1.807) is 0 Å². The predicted octanol–water partition coefficient (Wildman–Crippen LogP) is 0.976. The Labute approximate surface area is 125 Å². The third-order valence-corrected chi connectivity index (χ3v) is 4.03. The van der Waals surface area contributed by atoms with Crippen LogP contribution in [0.25, 0.3) is 0 Å². The molecule has 0 aromatic carbocycles. The fraction of sp³-hybridized carbons (Fsp3) is 0.600. The highest BCUT2D eigenvalue weighted by Gasteiger charge is 2.29. The van der Waals surface area contributed by atoms with Gasteiger partial charge in [-0.1, -0.05) is 0 Å². The number of carbonyl (C=O) groups excluding carboxylic acids is 1. The molecule has 0 bridgehead atoms. The molecule has 0 saturated carbocycles. The topological polar surface area (TPSA) is 48.5 Å². The van der Waals surface area contributed by atoms with Crippen LogP contribution in [0, 0.1) is 5.95 Å². The van der Waals surface area contributed by atoms with E-state index in [9.17, 15) is 9.18 Å². The number of carbonyl (C=O) groups is 1. The summed E-state index contributed by atoms with van der Waals surface area (Å²) in [7, 11) is 2.12. The molecule has 21 heavy (non-hydrogen) atoms. The lowest BCUT2D eigenvalue weighted by molar-refractivity contribution is 0.0588. The first kappa shape index (κ1) is 15.9. The van der Waals surface area contributed by atoms with Gasteiger partial charge < -0.3 is 10.2 Å². The molecule has 2 rings (SSSR count). The highest BCUT2D eigenvalue weighted by molar-refractivity contribution is 5.93. The van der Waals surface area contributed by atoms with Gasteiger partial charge in [-0.3, -0.25) is 9.69 Å². The summed E-state index contributed by atoms with van der Waals surface area (Å²) >= 11 is 0. The number of hydrogen-bond donors (Lipinski definition) is 1. The van der Waals surface area contributed by atoms with E-state index in [1.165, 1.54) is 18.3 Å². The first-order chi connectivity index (χ1) is 9.88. The van der Waals surface area contributed by atoms with Gasteiger partial charge in [-0.05, 0) is 33.0 Å². The van der Waals surface area contributed by atoms with Crippen molar-refractivity contribution >= 4 is 5.91 Å². The van der Waals surface area contributed by atoms with Crippen LogP contribution in [0.2, 0.25) is 0 Å². The van der Waals surface area contributed by atoms with Crippen molar-refractivity contribution in [2.75, 3.05) is 39.8 Å². The van der Waals surface area contributed by atoms with Gasteiger partial charge in [0.05, 0.1) is 5.56 Å². The number of nitrogens with one attached hydrogen (secondary N) is 1. The van der Waals surface area contributed by atoms with Gasteiger partial charge in [-0.25, -0.2) is 4.98 Å². The molecule has 0 unspecified atom stereocenters. The van der Waals surface area contributed by atoms with Crippen molar-refractivity contribution < 1.29 is 9.18 Å². The van der Waals surface area contributed by atoms with Crippen LogP contribution >= 0.6 is 0 Å². The summed E-state index contributed by atoms with van der Waals surface area (Å²) in [5, 5.41) is 2.91. The average Bonchev–Trinajstić information content (AvgIpc) is 2.46. The molecule has 2 heterocycles. The van der Waals surface area contributed by atoms with Crippen LogP contribution in [0.15, 0.2) is 18.3 Å². The highest BCUT2D eigenvalue weighted by Crippen LogP contribution is 2.15. The Kier molecular flexibility index (Phi) is 4.90. The lowest BCUT2D eigenvalue weighted by atomic mass is 10.0. The Morgan fingerprint density at radius 2 is 2.00 bits per heavy atom. The second-order valence-electron chi connectivity index (χ2n) is 6.16. The number of halogens is 1. The van der Waals surface area contributed by atoms with Crippen LogP contribution in [0.4, 0.5) is 4.39 Å². The zero-order valence-corrected chi connectivity index (χ0v) is 12.9. The van der Waals surface area contributed by atoms with Gasteiger partial charge in [0.2, 0.25) is 5.95 Å². The molecule has 5 nitrogen and oxygen atoms in total. The monoisotopic (exact) mass is 294 g/mol. The fourth-order valence-electron chi connectivity index (χ4n) is 2.43. The van der Waals surface area contributed by atoms with Crippen LogP contribution < -0.4 is 5.32 Å². The largest absolute Gasteiger partial charge is 0.350 e. The van der Waals surface area contributed by atoms with Crippen LogP contribution in [-0.2, 0) is 0 Å². The Morgan fingerprint density at radius 3 is 2.57 bits per heavy atom. The van der Waals surface area contributed by atoms with Crippen molar-refractivity contribution in [2.24, 2.45) is 0 Å². The molecule has 1 aromatic rings. The minimum absolute atomic E-state index is 0.107. The van der Waals surface area contributed by atoms with Crippen molar-refractivity contribution in [3.8, 4) is 0 Å². The maximum Gasteiger partial charge on any atom is 0.252 e. The molecule has 1 aliphatic heterocycles. The van der Waals surface area contributed by atoms with E-state index in [4.69, 9.17) is 0 Å². The molecule has 1 saturated heterocycles. The standard InChI is InChI=1S/C15H23FN4O/c1-15(2,20-8-6-19(3)7-9-20)11-18-14(21)12-4-5-13(16)17-10-12/h4-5,10H,6-9,11H2,1-3H3,(H,18,21). The van der Waals surface area contributed by atoms with Crippen molar-refractivity contribution in [3.05, 3.63) is 29.8 Å². The molecule has 1 N–H and O–H groups in total. The quantitative estimate of drug-likeness (QED) is 0.841. The zero-order chi connectivity index (χ0) is 15.5. The van der Waals surface area contributed by atoms with Gasteiger partial charge in [0, 0.05) is 44.5 Å². The van der Waals surface area contributed by atoms with Crippen molar-refractivity contribution in [3.63, 3.8) is 0 Å². The van der Waals surface area contributed by atoms with Crippen molar-refractivity contribution in [1.82, 2.24) is 20.1 Å². The second kappa shape index (κ2) is 6.49. The molecular formula is C15H23FN4O. The van der Waals surface area contributed by atoms with Crippen LogP contribution in [0.3, 0.4) is 0 Å². The van der Waals surface area contributed by atoms with E-state index >= 15 is 0 Å². The number of likely N-dealkylation sites (N-methyl/N-ethyl adjacent to an activating group) is 1. The Bertz CT molecular complexity index is 481. The molecule has 1 aromatic heterocycles. The summed E-state index contributed by atoms with van der Waals surface area (Å²) in [6.45, 7) is 8.88. The SMILES string of the molecule is CN1CCN(C(C)(C)CNC(=O)c2ccc(F)nc2)CC1. The number of rotatable bonds is 4. The molecule has 0 aliphatic carbocycles. The number of nitrogens with zero attached hydrogens (tertiary/aromatic N) is 3. The molecule has 1 amide bonds. The first-order valence-electron chi connectivity index (χ1n) is 7.22. The molecule has 6 heteroatoms. The summed E-state index contributed by atoms with van der Waals surface area (Å²) < 4.78 is 12.7. The third-order valence-electron chi connectivity index (χ3n) is 4.03. The van der Waals surface area contributed by atoms with E-state index in [0.717, 1.165) is 26.2 Å². The molecule has 116 valence electrons. The number of hydrogen-bond acceptors (Lipinski definition) is 4. The number of piperazine rings is 1. The Morgan fingerprint density at radius 1 is 1.33 bits per heavy atom. The predicted molar refractivity (Wildman–Crippen MR) is 79.7 cm³/mol. The molecule has 1 aliphatic rings. The summed E-state index contributed by atoms with van der Waals surface area (Å²) in [5.41, 5.74) is 0.273. The maximum atomic E-state index is 12.7. The minimum atomic E-state index is -0.579. The van der Waals surface area contributed by atoms with E-state index in [0.29, 0.717) is 12.1 Å². The van der Waals surface area contributed by atoms with Crippen LogP contribution in [0.1, 0.15) is 24.2 Å². The smallest absolute Gasteiger partial charge is 0.252 e. The second-order valence-corrected chi connectivity index (χ2v) is 6.16. The van der Waals surface area contributed by atoms with E-state index in [-0.39, 0.29) is 11.4 Å². The van der Waals surface area contributed by atoms with Crippen molar-refractivity contribution in [2.45, 2.75) is 19.4 Å². The summed E-state index contributed by atoms with van der Waals surface area (Å²) in [6, 6.07) is 2.64. The summed E-state index contributed by atoms with van der Waals surface area (Å²) in [6.07, 6.45) is 1.26. The van der Waals surface area contributed by atoms with Crippen molar-refractivity contribution in [1.29, 1.82) is 0 Å². The maximum absolute atomic E-state index is 12.7. The van der Waals surface area contributed by atoms with Crippen LogP contribution in [0.5, 0.6) is 0 Å². The molecule has 0 radical (unpaired) electrons. The number of pyridine rings is 1. The van der Waals surface area contributed by atoms with Gasteiger partial charge in [-0.2, -0.15) is 4.39 Å². The Balaban J connectivity index is 1.88. The molecule has 0 spiro atoms.